The summed E-state index contributed by atoms with van der Waals surface area (Å²) in [6, 6.07) is 6.56. The first kappa shape index (κ1) is 15.3. The summed E-state index contributed by atoms with van der Waals surface area (Å²) < 4.78 is 12.0. The molecule has 2 saturated heterocycles. The summed E-state index contributed by atoms with van der Waals surface area (Å²) in [5.41, 5.74) is 1.20. The van der Waals surface area contributed by atoms with Gasteiger partial charge in [-0.05, 0) is 43.5 Å². The van der Waals surface area contributed by atoms with Crippen molar-refractivity contribution >= 4 is 21.6 Å². The summed E-state index contributed by atoms with van der Waals surface area (Å²) in [6.07, 6.45) is 1.65. The summed E-state index contributed by atoms with van der Waals surface area (Å²) in [5.74, 6) is 0. The number of aliphatic hydroxyl groups is 1. The molecule has 0 bridgehead atoms. The Hall–Kier alpha value is -0.620. The molecule has 1 N–H and O–H groups in total. The van der Waals surface area contributed by atoms with Crippen molar-refractivity contribution in [3.63, 3.8) is 0 Å². The quantitative estimate of drug-likeness (QED) is 0.885. The summed E-state index contributed by atoms with van der Waals surface area (Å²) in [4.78, 5) is 2.34. The lowest BCUT2D eigenvalue weighted by Crippen LogP contribution is -2.44. The Morgan fingerprint density at radius 1 is 1.29 bits per heavy atom. The van der Waals surface area contributed by atoms with Crippen molar-refractivity contribution in [1.29, 1.82) is 0 Å². The lowest BCUT2D eigenvalue weighted by Gasteiger charge is -2.37. The van der Waals surface area contributed by atoms with Gasteiger partial charge in [-0.1, -0.05) is 15.9 Å². The highest BCUT2D eigenvalue weighted by Crippen LogP contribution is 2.35. The van der Waals surface area contributed by atoms with Crippen LogP contribution in [0.1, 0.15) is 25.3 Å². The predicted octanol–water partition coefficient (Wildman–Crippen LogP) is 2.67. The smallest absolute Gasteiger partial charge is 0.113 e. The molecule has 2 atom stereocenters. The Morgan fingerprint density at radius 3 is 2.86 bits per heavy atom. The average Bonchev–Trinajstić information content (AvgIpc) is 2.48. The molecule has 0 spiro atoms. The molecule has 0 aromatic heterocycles. The van der Waals surface area contributed by atoms with Gasteiger partial charge in [0.2, 0.25) is 0 Å². The van der Waals surface area contributed by atoms with Crippen LogP contribution in [0.3, 0.4) is 0 Å². The van der Waals surface area contributed by atoms with Crippen LogP contribution >= 0.6 is 15.9 Å². The lowest BCUT2D eigenvalue weighted by atomic mass is 9.88. The van der Waals surface area contributed by atoms with Crippen LogP contribution in [0.25, 0.3) is 0 Å². The molecular formula is C16H22BrNO3. The normalized spacial score (nSPS) is 30.4. The first-order valence-electron chi connectivity index (χ1n) is 7.54. The highest BCUT2D eigenvalue weighted by atomic mass is 79.9. The van der Waals surface area contributed by atoms with Crippen molar-refractivity contribution in [2.75, 3.05) is 37.9 Å². The highest BCUT2D eigenvalue weighted by molar-refractivity contribution is 9.10. The third-order valence-electron chi connectivity index (χ3n) is 4.34. The second kappa shape index (κ2) is 6.24. The molecule has 2 heterocycles. The van der Waals surface area contributed by atoms with Crippen molar-refractivity contribution in [2.45, 2.75) is 31.4 Å². The zero-order valence-corrected chi connectivity index (χ0v) is 13.9. The predicted molar refractivity (Wildman–Crippen MR) is 85.7 cm³/mol. The number of rotatable bonds is 2. The van der Waals surface area contributed by atoms with Crippen molar-refractivity contribution in [3.05, 3.63) is 28.2 Å². The van der Waals surface area contributed by atoms with Crippen LogP contribution in [-0.2, 0) is 15.1 Å². The summed E-state index contributed by atoms with van der Waals surface area (Å²) in [5, 5.41) is 10.9. The monoisotopic (exact) mass is 355 g/mol. The van der Waals surface area contributed by atoms with Gasteiger partial charge >= 0.3 is 0 Å². The molecule has 116 valence electrons. The van der Waals surface area contributed by atoms with Gasteiger partial charge in [-0.2, -0.15) is 0 Å². The molecule has 2 aliphatic rings. The van der Waals surface area contributed by atoms with Crippen molar-refractivity contribution in [1.82, 2.24) is 0 Å². The van der Waals surface area contributed by atoms with E-state index in [9.17, 15) is 5.11 Å². The van der Waals surface area contributed by atoms with E-state index in [0.717, 1.165) is 54.9 Å². The van der Waals surface area contributed by atoms with Gasteiger partial charge in [0, 0.05) is 29.4 Å². The summed E-state index contributed by atoms with van der Waals surface area (Å²) in [7, 11) is 0. The number of ether oxygens (including phenoxy) is 2. The zero-order chi connectivity index (χ0) is 14.9. The van der Waals surface area contributed by atoms with Crippen molar-refractivity contribution in [3.8, 4) is 0 Å². The van der Waals surface area contributed by atoms with Gasteiger partial charge in [-0.25, -0.2) is 0 Å². The number of halogens is 1. The number of anilines is 1. The number of hydrogen-bond donors (Lipinski definition) is 1. The van der Waals surface area contributed by atoms with E-state index in [1.807, 2.05) is 6.07 Å². The number of benzene rings is 1. The number of morpholine rings is 1. The maximum absolute atomic E-state index is 10.9. The van der Waals surface area contributed by atoms with Gasteiger partial charge in [-0.15, -0.1) is 0 Å². The molecule has 4 nitrogen and oxygen atoms in total. The molecular weight excluding hydrogens is 334 g/mol. The van der Waals surface area contributed by atoms with Gasteiger partial charge in [0.1, 0.15) is 5.60 Å². The van der Waals surface area contributed by atoms with Crippen LogP contribution in [0.5, 0.6) is 0 Å². The van der Waals surface area contributed by atoms with Crippen LogP contribution in [0, 0.1) is 0 Å². The summed E-state index contributed by atoms with van der Waals surface area (Å²) in [6.45, 7) is 5.66. The standard InChI is InChI=1S/C16H22BrNO3/c1-12-10-20-6-4-18(12)15-8-13(7-14(17)9-15)16(19)3-2-5-21-11-16/h7-9,12,19H,2-6,10-11H2,1H3. The van der Waals surface area contributed by atoms with E-state index < -0.39 is 5.60 Å². The van der Waals surface area contributed by atoms with E-state index in [0.29, 0.717) is 12.6 Å². The maximum atomic E-state index is 10.9. The molecule has 0 amide bonds. The first-order chi connectivity index (χ1) is 10.1. The fraction of sp³-hybridized carbons (Fsp3) is 0.625. The molecule has 3 rings (SSSR count). The average molecular weight is 356 g/mol. The first-order valence-corrected chi connectivity index (χ1v) is 8.33. The Kier molecular flexibility index (Phi) is 4.54. The SMILES string of the molecule is CC1COCCN1c1cc(Br)cc(C2(O)CCCOC2)c1. The molecule has 0 aliphatic carbocycles. The molecule has 0 saturated carbocycles. The van der Waals surface area contributed by atoms with Crippen LogP contribution in [0.4, 0.5) is 5.69 Å². The highest BCUT2D eigenvalue weighted by Gasteiger charge is 2.33. The van der Waals surface area contributed by atoms with Gasteiger partial charge in [0.15, 0.2) is 0 Å². The zero-order valence-electron chi connectivity index (χ0n) is 12.3. The van der Waals surface area contributed by atoms with Crippen molar-refractivity contribution in [2.24, 2.45) is 0 Å². The maximum Gasteiger partial charge on any atom is 0.113 e. The molecule has 1 aromatic rings. The molecule has 2 unspecified atom stereocenters. The van der Waals surface area contributed by atoms with Crippen LogP contribution in [0.15, 0.2) is 22.7 Å². The van der Waals surface area contributed by atoms with E-state index in [-0.39, 0.29) is 0 Å². The van der Waals surface area contributed by atoms with E-state index >= 15 is 0 Å². The molecule has 2 fully saturated rings. The van der Waals surface area contributed by atoms with Crippen molar-refractivity contribution < 1.29 is 14.6 Å². The van der Waals surface area contributed by atoms with Gasteiger partial charge in [0.25, 0.3) is 0 Å². The number of nitrogens with zero attached hydrogens (tertiary/aromatic N) is 1. The Balaban J connectivity index is 1.92. The van der Waals surface area contributed by atoms with E-state index in [2.05, 4.69) is 39.9 Å². The van der Waals surface area contributed by atoms with Crippen LogP contribution in [-0.4, -0.2) is 44.1 Å². The van der Waals surface area contributed by atoms with E-state index in [1.54, 1.807) is 0 Å². The molecule has 5 heteroatoms. The fourth-order valence-corrected chi connectivity index (χ4v) is 3.61. The summed E-state index contributed by atoms with van der Waals surface area (Å²) >= 11 is 3.58. The van der Waals surface area contributed by atoms with E-state index in [4.69, 9.17) is 9.47 Å². The third-order valence-corrected chi connectivity index (χ3v) is 4.80. The third kappa shape index (κ3) is 3.26. The molecule has 1 aromatic carbocycles. The Morgan fingerprint density at radius 2 is 2.14 bits per heavy atom. The minimum absolute atomic E-state index is 0.346. The molecule has 21 heavy (non-hydrogen) atoms. The molecule has 0 radical (unpaired) electrons. The van der Waals surface area contributed by atoms with Gasteiger partial charge in [-0.3, -0.25) is 0 Å². The second-order valence-electron chi connectivity index (χ2n) is 6.00. The largest absolute Gasteiger partial charge is 0.383 e. The van der Waals surface area contributed by atoms with Gasteiger partial charge < -0.3 is 19.5 Å². The minimum Gasteiger partial charge on any atom is -0.383 e. The Bertz CT molecular complexity index is 502. The van der Waals surface area contributed by atoms with E-state index in [1.165, 1.54) is 0 Å². The fourth-order valence-electron chi connectivity index (χ4n) is 3.13. The van der Waals surface area contributed by atoms with Crippen LogP contribution in [0.2, 0.25) is 0 Å². The van der Waals surface area contributed by atoms with Gasteiger partial charge in [0.05, 0.1) is 19.8 Å². The lowest BCUT2D eigenvalue weighted by molar-refractivity contribution is -0.0902. The second-order valence-corrected chi connectivity index (χ2v) is 6.92. The molecule has 2 aliphatic heterocycles. The topological polar surface area (TPSA) is 41.9 Å². The van der Waals surface area contributed by atoms with Crippen LogP contribution < -0.4 is 4.90 Å². The Labute approximate surface area is 134 Å². The minimum atomic E-state index is -0.869. The number of hydrogen-bond acceptors (Lipinski definition) is 4.